The van der Waals surface area contributed by atoms with Gasteiger partial charge in [0.05, 0.1) is 17.7 Å². The van der Waals surface area contributed by atoms with Gasteiger partial charge in [-0.05, 0) is 49.2 Å². The number of para-hydroxylation sites is 1. The third kappa shape index (κ3) is 4.20. The van der Waals surface area contributed by atoms with E-state index in [1.807, 2.05) is 42.5 Å². The summed E-state index contributed by atoms with van der Waals surface area (Å²) in [6.45, 7) is 0. The van der Waals surface area contributed by atoms with Crippen molar-refractivity contribution in [3.05, 3.63) is 65.7 Å². The number of ether oxygens (including phenoxy) is 1. The van der Waals surface area contributed by atoms with E-state index in [1.54, 1.807) is 12.1 Å². The number of nitrogens with zero attached hydrogens (tertiary/aromatic N) is 2. The second-order valence-corrected chi connectivity index (χ2v) is 5.83. The molecule has 1 saturated carbocycles. The van der Waals surface area contributed by atoms with Crippen LogP contribution < -0.4 is 4.74 Å². The van der Waals surface area contributed by atoms with Crippen LogP contribution in [0.2, 0.25) is 0 Å². The Hall–Kier alpha value is -2.60. The van der Waals surface area contributed by atoms with Crippen molar-refractivity contribution in [2.24, 2.45) is 4.99 Å². The van der Waals surface area contributed by atoms with Gasteiger partial charge in [0.2, 0.25) is 5.90 Å². The highest BCUT2D eigenvalue weighted by atomic mass is 16.5. The molecule has 2 aromatic rings. The zero-order valence-electron chi connectivity index (χ0n) is 13.1. The van der Waals surface area contributed by atoms with Crippen LogP contribution in [-0.4, -0.2) is 11.9 Å². The molecule has 23 heavy (non-hydrogen) atoms. The van der Waals surface area contributed by atoms with Crippen molar-refractivity contribution in [3.63, 3.8) is 0 Å². The van der Waals surface area contributed by atoms with Gasteiger partial charge in [0.15, 0.2) is 0 Å². The molecule has 3 rings (SSSR count). The van der Waals surface area contributed by atoms with Crippen molar-refractivity contribution in [3.8, 4) is 11.8 Å². The van der Waals surface area contributed by atoms with Crippen molar-refractivity contribution >= 4 is 5.90 Å². The molecule has 0 spiro atoms. The number of hydrogen-bond acceptors (Lipinski definition) is 3. The smallest absolute Gasteiger partial charge is 0.222 e. The zero-order chi connectivity index (χ0) is 15.9. The molecule has 0 amide bonds. The molecular weight excluding hydrogens is 284 g/mol. The number of hydrogen-bond donors (Lipinski definition) is 0. The minimum atomic E-state index is 0.332. The quantitative estimate of drug-likeness (QED) is 0.608. The summed E-state index contributed by atoms with van der Waals surface area (Å²) in [5.74, 6) is 1.43. The molecule has 1 fully saturated rings. The Kier molecular flexibility index (Phi) is 5.06. The highest BCUT2D eigenvalue weighted by molar-refractivity contribution is 5.95. The molecule has 0 atom stereocenters. The summed E-state index contributed by atoms with van der Waals surface area (Å²) in [6.07, 6.45) is 6.02. The van der Waals surface area contributed by atoms with Gasteiger partial charge >= 0.3 is 0 Å². The molecule has 0 aliphatic heterocycles. The predicted octanol–water partition coefficient (Wildman–Crippen LogP) is 4.72. The normalized spacial score (nSPS) is 15.9. The summed E-state index contributed by atoms with van der Waals surface area (Å²) < 4.78 is 6.04. The minimum Gasteiger partial charge on any atom is -0.439 e. The number of benzene rings is 2. The van der Waals surface area contributed by atoms with E-state index in [0.29, 0.717) is 17.5 Å². The van der Waals surface area contributed by atoms with Gasteiger partial charge in [-0.15, -0.1) is 0 Å². The lowest BCUT2D eigenvalue weighted by molar-refractivity contribution is 0.433. The molecule has 0 aromatic heterocycles. The Balaban J connectivity index is 1.88. The molecule has 3 heteroatoms. The second-order valence-electron chi connectivity index (χ2n) is 5.83. The van der Waals surface area contributed by atoms with E-state index in [9.17, 15) is 0 Å². The van der Waals surface area contributed by atoms with Gasteiger partial charge in [-0.1, -0.05) is 37.5 Å². The lowest BCUT2D eigenvalue weighted by Gasteiger charge is -2.19. The third-order valence-electron chi connectivity index (χ3n) is 4.09. The molecule has 2 aromatic carbocycles. The van der Waals surface area contributed by atoms with Crippen molar-refractivity contribution < 1.29 is 4.74 Å². The molecule has 1 aliphatic rings. The predicted molar refractivity (Wildman–Crippen MR) is 91.6 cm³/mol. The van der Waals surface area contributed by atoms with Gasteiger partial charge in [-0.3, -0.25) is 0 Å². The van der Waals surface area contributed by atoms with E-state index in [4.69, 9.17) is 15.0 Å². The highest BCUT2D eigenvalue weighted by Gasteiger charge is 2.15. The monoisotopic (exact) mass is 304 g/mol. The maximum Gasteiger partial charge on any atom is 0.222 e. The summed E-state index contributed by atoms with van der Waals surface area (Å²) in [4.78, 5) is 4.87. The Bertz CT molecular complexity index is 693. The van der Waals surface area contributed by atoms with Crippen LogP contribution >= 0.6 is 0 Å². The van der Waals surface area contributed by atoms with Crippen LogP contribution in [0, 0.1) is 11.3 Å². The first kappa shape index (κ1) is 15.3. The van der Waals surface area contributed by atoms with Crippen molar-refractivity contribution in [1.82, 2.24) is 0 Å². The summed E-state index contributed by atoms with van der Waals surface area (Å²) in [7, 11) is 0. The van der Waals surface area contributed by atoms with Crippen LogP contribution in [0.3, 0.4) is 0 Å². The van der Waals surface area contributed by atoms with Gasteiger partial charge in [0, 0.05) is 5.56 Å². The van der Waals surface area contributed by atoms with Gasteiger partial charge in [0.25, 0.3) is 0 Å². The first-order chi connectivity index (χ1) is 11.3. The Morgan fingerprint density at radius 1 is 0.957 bits per heavy atom. The van der Waals surface area contributed by atoms with Crippen LogP contribution in [0.15, 0.2) is 59.6 Å². The molecule has 0 bridgehead atoms. The van der Waals surface area contributed by atoms with Crippen LogP contribution in [-0.2, 0) is 0 Å². The van der Waals surface area contributed by atoms with E-state index >= 15 is 0 Å². The Morgan fingerprint density at radius 3 is 2.30 bits per heavy atom. The topological polar surface area (TPSA) is 45.4 Å². The third-order valence-corrected chi connectivity index (χ3v) is 4.09. The van der Waals surface area contributed by atoms with Crippen LogP contribution in [0.5, 0.6) is 5.75 Å². The van der Waals surface area contributed by atoms with Crippen LogP contribution in [0.1, 0.15) is 43.2 Å². The average Bonchev–Trinajstić information content (AvgIpc) is 2.63. The van der Waals surface area contributed by atoms with Gasteiger partial charge in [-0.25, -0.2) is 4.99 Å². The average molecular weight is 304 g/mol. The van der Waals surface area contributed by atoms with Crippen molar-refractivity contribution in [2.45, 2.75) is 38.1 Å². The Morgan fingerprint density at radius 2 is 1.65 bits per heavy atom. The number of rotatable bonds is 3. The maximum absolute atomic E-state index is 8.95. The second kappa shape index (κ2) is 7.60. The summed E-state index contributed by atoms with van der Waals surface area (Å²) >= 11 is 0. The lowest BCUT2D eigenvalue weighted by Crippen LogP contribution is -2.17. The standard InChI is InChI=1S/C20H20N2O/c21-15-16-11-13-17(14-12-16)20(22-18-7-3-1-4-8-18)23-19-9-5-2-6-10-19/h2,5-6,9-14,18H,1,3-4,7-8H2. The molecule has 116 valence electrons. The molecular formula is C20H20N2O. The molecule has 3 nitrogen and oxygen atoms in total. The van der Waals surface area contributed by atoms with Crippen LogP contribution in [0.25, 0.3) is 0 Å². The van der Waals surface area contributed by atoms with E-state index < -0.39 is 0 Å². The lowest BCUT2D eigenvalue weighted by atomic mass is 9.96. The molecule has 0 saturated heterocycles. The highest BCUT2D eigenvalue weighted by Crippen LogP contribution is 2.22. The first-order valence-corrected chi connectivity index (χ1v) is 8.16. The fraction of sp³-hybridized carbons (Fsp3) is 0.300. The number of nitriles is 1. The van der Waals surface area contributed by atoms with Crippen LogP contribution in [0.4, 0.5) is 0 Å². The molecule has 0 heterocycles. The largest absolute Gasteiger partial charge is 0.439 e. The molecule has 0 radical (unpaired) electrons. The first-order valence-electron chi connectivity index (χ1n) is 8.16. The van der Waals surface area contributed by atoms with Gasteiger partial charge in [-0.2, -0.15) is 5.26 Å². The summed E-state index contributed by atoms with van der Waals surface area (Å²) in [6, 6.07) is 19.6. The van der Waals surface area contributed by atoms with E-state index in [0.717, 1.165) is 24.2 Å². The maximum atomic E-state index is 8.95. The Labute approximate surface area is 137 Å². The SMILES string of the molecule is N#Cc1ccc(C(=NC2CCCCC2)Oc2ccccc2)cc1. The van der Waals surface area contributed by atoms with Gasteiger partial charge in [0.1, 0.15) is 5.75 Å². The summed E-state index contributed by atoms with van der Waals surface area (Å²) in [5, 5.41) is 8.95. The fourth-order valence-electron chi connectivity index (χ4n) is 2.82. The van der Waals surface area contributed by atoms with Crippen molar-refractivity contribution in [1.29, 1.82) is 5.26 Å². The number of aliphatic imine (C=N–C) groups is 1. The molecule has 1 aliphatic carbocycles. The zero-order valence-corrected chi connectivity index (χ0v) is 13.1. The molecule has 0 N–H and O–H groups in total. The minimum absolute atomic E-state index is 0.332. The summed E-state index contributed by atoms with van der Waals surface area (Å²) in [5.41, 5.74) is 1.56. The molecule has 0 unspecified atom stereocenters. The van der Waals surface area contributed by atoms with Crippen molar-refractivity contribution in [2.75, 3.05) is 0 Å². The van der Waals surface area contributed by atoms with E-state index in [2.05, 4.69) is 6.07 Å². The fourth-order valence-corrected chi connectivity index (χ4v) is 2.82. The van der Waals surface area contributed by atoms with E-state index in [-0.39, 0.29) is 0 Å². The van der Waals surface area contributed by atoms with Gasteiger partial charge < -0.3 is 4.74 Å². The van der Waals surface area contributed by atoms with E-state index in [1.165, 1.54) is 19.3 Å².